The van der Waals surface area contributed by atoms with Crippen LogP contribution in [0.25, 0.3) is 0 Å². The van der Waals surface area contributed by atoms with Crippen molar-refractivity contribution in [3.8, 4) is 11.5 Å². The highest BCUT2D eigenvalue weighted by molar-refractivity contribution is 6.32. The van der Waals surface area contributed by atoms with Gasteiger partial charge in [-0.25, -0.2) is 0 Å². The van der Waals surface area contributed by atoms with Gasteiger partial charge in [-0.15, -0.1) is 0 Å². The van der Waals surface area contributed by atoms with Crippen molar-refractivity contribution in [3.05, 3.63) is 22.7 Å². The van der Waals surface area contributed by atoms with Crippen LogP contribution in [0.2, 0.25) is 5.02 Å². The average molecular weight is 299 g/mol. The maximum atomic E-state index is 10.4. The minimum atomic E-state index is 0.149. The molecule has 0 spiro atoms. The molecule has 1 atom stereocenters. The highest BCUT2D eigenvalue weighted by Gasteiger charge is 2.27. The summed E-state index contributed by atoms with van der Waals surface area (Å²) in [6.07, 6.45) is 2.02. The maximum absolute atomic E-state index is 10.4. The van der Waals surface area contributed by atoms with Crippen molar-refractivity contribution in [2.24, 2.45) is 0 Å². The summed E-state index contributed by atoms with van der Waals surface area (Å²) < 4.78 is 5.44. The highest BCUT2D eigenvalue weighted by atomic mass is 35.5. The zero-order valence-electron chi connectivity index (χ0n) is 12.2. The van der Waals surface area contributed by atoms with Gasteiger partial charge in [0.05, 0.1) is 17.7 Å². The number of phenols is 1. The van der Waals surface area contributed by atoms with Gasteiger partial charge in [0.25, 0.3) is 0 Å². The number of hydrogen-bond donors (Lipinski definition) is 2. The second kappa shape index (κ2) is 7.16. The van der Waals surface area contributed by atoms with Gasteiger partial charge in [-0.1, -0.05) is 24.9 Å². The second-order valence-electron chi connectivity index (χ2n) is 5.10. The largest absolute Gasteiger partial charge is 0.506 e. The number of nitrogens with zero attached hydrogens (tertiary/aromatic N) is 1. The molecule has 0 bridgehead atoms. The van der Waals surface area contributed by atoms with Gasteiger partial charge in [0.1, 0.15) is 11.5 Å². The van der Waals surface area contributed by atoms with Crippen LogP contribution < -0.4 is 10.1 Å². The lowest BCUT2D eigenvalue weighted by molar-refractivity contribution is 0.159. The number of nitrogens with one attached hydrogen (secondary N) is 1. The molecule has 1 aliphatic heterocycles. The fourth-order valence-corrected chi connectivity index (χ4v) is 3.00. The van der Waals surface area contributed by atoms with Crippen molar-refractivity contribution in [3.63, 3.8) is 0 Å². The van der Waals surface area contributed by atoms with Gasteiger partial charge >= 0.3 is 0 Å². The Kier molecular flexibility index (Phi) is 5.52. The van der Waals surface area contributed by atoms with E-state index in [9.17, 15) is 5.11 Å². The van der Waals surface area contributed by atoms with E-state index in [1.807, 2.05) is 6.07 Å². The van der Waals surface area contributed by atoms with Gasteiger partial charge in [0, 0.05) is 32.2 Å². The number of hydrogen-bond acceptors (Lipinski definition) is 4. The third-order valence-corrected chi connectivity index (χ3v) is 4.14. The predicted molar refractivity (Wildman–Crippen MR) is 81.8 cm³/mol. The Morgan fingerprint density at radius 1 is 1.40 bits per heavy atom. The van der Waals surface area contributed by atoms with Crippen LogP contribution in [-0.4, -0.2) is 43.3 Å². The van der Waals surface area contributed by atoms with E-state index in [-0.39, 0.29) is 11.8 Å². The monoisotopic (exact) mass is 298 g/mol. The smallest absolute Gasteiger partial charge is 0.142 e. The number of phenolic OH excluding ortho intramolecular Hbond substituents is 1. The van der Waals surface area contributed by atoms with Gasteiger partial charge in [-0.3, -0.25) is 4.90 Å². The van der Waals surface area contributed by atoms with Crippen molar-refractivity contribution in [1.29, 1.82) is 0 Å². The van der Waals surface area contributed by atoms with Gasteiger partial charge in [0.2, 0.25) is 0 Å². The molecule has 1 aromatic rings. The third-order valence-electron chi connectivity index (χ3n) is 3.84. The summed E-state index contributed by atoms with van der Waals surface area (Å²) in [6.45, 7) is 6.05. The van der Waals surface area contributed by atoms with Crippen LogP contribution in [0.4, 0.5) is 0 Å². The highest BCUT2D eigenvalue weighted by Crippen LogP contribution is 2.42. The van der Waals surface area contributed by atoms with E-state index in [1.165, 1.54) is 0 Å². The van der Waals surface area contributed by atoms with Gasteiger partial charge in [-0.2, -0.15) is 0 Å². The van der Waals surface area contributed by atoms with Gasteiger partial charge in [-0.05, 0) is 18.6 Å². The molecule has 0 aromatic heterocycles. The molecule has 5 heteroatoms. The number of ether oxygens (including phenoxy) is 1. The summed E-state index contributed by atoms with van der Waals surface area (Å²) in [5, 5.41) is 14.1. The maximum Gasteiger partial charge on any atom is 0.142 e. The summed E-state index contributed by atoms with van der Waals surface area (Å²) in [5.41, 5.74) is 0.823. The molecule has 0 amide bonds. The molecule has 2 N–H and O–H groups in total. The Morgan fingerprint density at radius 2 is 2.10 bits per heavy atom. The molecular weight excluding hydrogens is 276 g/mol. The first-order valence-electron chi connectivity index (χ1n) is 7.19. The molecule has 2 rings (SSSR count). The molecule has 4 nitrogen and oxygen atoms in total. The first-order chi connectivity index (χ1) is 9.69. The molecular formula is C15H23ClN2O2. The van der Waals surface area contributed by atoms with Crippen LogP contribution >= 0.6 is 11.6 Å². The van der Waals surface area contributed by atoms with Crippen LogP contribution in [0.1, 0.15) is 31.4 Å². The summed E-state index contributed by atoms with van der Waals surface area (Å²) in [6, 6.07) is 3.66. The lowest BCUT2D eigenvalue weighted by Gasteiger charge is -2.36. The molecule has 20 heavy (non-hydrogen) atoms. The van der Waals surface area contributed by atoms with Crippen LogP contribution in [0.15, 0.2) is 12.1 Å². The number of rotatable bonds is 5. The number of benzene rings is 1. The quantitative estimate of drug-likeness (QED) is 0.877. The summed E-state index contributed by atoms with van der Waals surface area (Å²) in [5.74, 6) is 0.867. The van der Waals surface area contributed by atoms with Crippen molar-refractivity contribution in [2.45, 2.75) is 25.8 Å². The first kappa shape index (κ1) is 15.4. The lowest BCUT2D eigenvalue weighted by Crippen LogP contribution is -2.45. The topological polar surface area (TPSA) is 44.7 Å². The third kappa shape index (κ3) is 3.19. The van der Waals surface area contributed by atoms with Gasteiger partial charge in [0.15, 0.2) is 0 Å². The van der Waals surface area contributed by atoms with Crippen LogP contribution in [0, 0.1) is 0 Å². The van der Waals surface area contributed by atoms with Gasteiger partial charge < -0.3 is 15.2 Å². The Bertz CT molecular complexity index is 448. The average Bonchev–Trinajstić information content (AvgIpc) is 2.49. The normalized spacial score (nSPS) is 17.9. The Labute approximate surface area is 125 Å². The fraction of sp³-hybridized carbons (Fsp3) is 0.600. The van der Waals surface area contributed by atoms with Crippen molar-refractivity contribution in [2.75, 3.05) is 33.3 Å². The Balaban J connectivity index is 2.39. The van der Waals surface area contributed by atoms with Crippen molar-refractivity contribution < 1.29 is 9.84 Å². The standard InChI is InChI=1S/C15H23ClN2O2/c1-3-4-12(18-9-7-17-8-10-18)14-13(20-2)6-5-11(16)15(14)19/h5-6,12,17,19H,3-4,7-10H2,1-2H3/t12-/m1/s1. The van der Waals surface area contributed by atoms with E-state index in [1.54, 1.807) is 13.2 Å². The van der Waals surface area contributed by atoms with Crippen LogP contribution in [0.3, 0.4) is 0 Å². The van der Waals surface area contributed by atoms with Crippen LogP contribution in [0.5, 0.6) is 11.5 Å². The Hall–Kier alpha value is -0.970. The van der Waals surface area contributed by atoms with Crippen LogP contribution in [-0.2, 0) is 0 Å². The zero-order valence-corrected chi connectivity index (χ0v) is 12.9. The molecule has 0 unspecified atom stereocenters. The molecule has 112 valence electrons. The van der Waals surface area contributed by atoms with Crippen molar-refractivity contribution >= 4 is 11.6 Å². The van der Waals surface area contributed by atoms with Crippen molar-refractivity contribution in [1.82, 2.24) is 10.2 Å². The van der Waals surface area contributed by atoms with E-state index in [4.69, 9.17) is 16.3 Å². The molecule has 0 saturated carbocycles. The predicted octanol–water partition coefficient (Wildman–Crippen LogP) is 2.80. The number of piperazine rings is 1. The fourth-order valence-electron chi connectivity index (χ4n) is 2.84. The number of methoxy groups -OCH3 is 1. The van der Waals surface area contributed by atoms with E-state index >= 15 is 0 Å². The minimum Gasteiger partial charge on any atom is -0.506 e. The lowest BCUT2D eigenvalue weighted by atomic mass is 9.97. The molecule has 1 saturated heterocycles. The number of aromatic hydroxyl groups is 1. The molecule has 1 heterocycles. The summed E-state index contributed by atoms with van der Waals surface area (Å²) >= 11 is 6.09. The van der Waals surface area contributed by atoms with E-state index in [2.05, 4.69) is 17.1 Å². The minimum absolute atomic E-state index is 0.149. The number of halogens is 1. The SMILES string of the molecule is CCC[C@H](c1c(OC)ccc(Cl)c1O)N1CCNCC1. The molecule has 0 aliphatic carbocycles. The zero-order chi connectivity index (χ0) is 14.5. The molecule has 0 radical (unpaired) electrons. The molecule has 1 fully saturated rings. The molecule has 1 aliphatic rings. The second-order valence-corrected chi connectivity index (χ2v) is 5.51. The summed E-state index contributed by atoms with van der Waals surface area (Å²) in [7, 11) is 1.63. The molecule has 1 aromatic carbocycles. The van der Waals surface area contributed by atoms with E-state index in [0.717, 1.165) is 44.6 Å². The van der Waals surface area contributed by atoms with E-state index < -0.39 is 0 Å². The Morgan fingerprint density at radius 3 is 2.70 bits per heavy atom. The first-order valence-corrected chi connectivity index (χ1v) is 7.57. The summed E-state index contributed by atoms with van der Waals surface area (Å²) in [4.78, 5) is 2.40. The van der Waals surface area contributed by atoms with E-state index in [0.29, 0.717) is 10.8 Å².